The number of hydrogen-bond acceptors (Lipinski definition) is 2. The van der Waals surface area contributed by atoms with Crippen LogP contribution in [0.1, 0.15) is 12.0 Å². The standard InChI is InChI=1S/C14H17FN2O/c15-12-3-1-10(2-4-12)7-14(18)17-8-11-5-6-16-13(11)9-17/h1-4,11,13,16H,5-9H2/t11-,13+/m1/s1. The summed E-state index contributed by atoms with van der Waals surface area (Å²) >= 11 is 0. The molecule has 0 saturated carbocycles. The molecule has 3 rings (SSSR count). The largest absolute Gasteiger partial charge is 0.340 e. The van der Waals surface area contributed by atoms with E-state index in [0.29, 0.717) is 18.4 Å². The summed E-state index contributed by atoms with van der Waals surface area (Å²) in [5.74, 6) is 0.520. The van der Waals surface area contributed by atoms with Crippen LogP contribution in [0.5, 0.6) is 0 Å². The quantitative estimate of drug-likeness (QED) is 0.852. The van der Waals surface area contributed by atoms with Crippen LogP contribution in [0.15, 0.2) is 24.3 Å². The van der Waals surface area contributed by atoms with Crippen LogP contribution in [0.25, 0.3) is 0 Å². The molecule has 1 N–H and O–H groups in total. The van der Waals surface area contributed by atoms with E-state index in [1.54, 1.807) is 12.1 Å². The van der Waals surface area contributed by atoms with Gasteiger partial charge in [-0.15, -0.1) is 0 Å². The van der Waals surface area contributed by atoms with Gasteiger partial charge in [0, 0.05) is 19.1 Å². The van der Waals surface area contributed by atoms with E-state index in [1.165, 1.54) is 18.6 Å². The van der Waals surface area contributed by atoms with Crippen molar-refractivity contribution in [3.05, 3.63) is 35.6 Å². The van der Waals surface area contributed by atoms with Crippen LogP contribution < -0.4 is 5.32 Å². The first-order valence-corrected chi connectivity index (χ1v) is 6.48. The van der Waals surface area contributed by atoms with E-state index in [0.717, 1.165) is 25.2 Å². The van der Waals surface area contributed by atoms with E-state index < -0.39 is 0 Å². The van der Waals surface area contributed by atoms with Gasteiger partial charge >= 0.3 is 0 Å². The normalized spacial score (nSPS) is 26.4. The second kappa shape index (κ2) is 4.69. The number of carbonyl (C=O) groups excluding carboxylic acids is 1. The number of carbonyl (C=O) groups is 1. The molecule has 0 spiro atoms. The molecule has 2 saturated heterocycles. The second-order valence-corrected chi connectivity index (χ2v) is 5.21. The van der Waals surface area contributed by atoms with Crippen LogP contribution in [0.2, 0.25) is 0 Å². The van der Waals surface area contributed by atoms with Crippen molar-refractivity contribution < 1.29 is 9.18 Å². The summed E-state index contributed by atoms with van der Waals surface area (Å²) in [5.41, 5.74) is 0.881. The molecule has 18 heavy (non-hydrogen) atoms. The van der Waals surface area contributed by atoms with Crippen molar-refractivity contribution in [1.82, 2.24) is 10.2 Å². The highest BCUT2D eigenvalue weighted by molar-refractivity contribution is 5.79. The molecule has 0 aromatic heterocycles. The lowest BCUT2D eigenvalue weighted by atomic mass is 10.1. The van der Waals surface area contributed by atoms with Crippen molar-refractivity contribution in [3.63, 3.8) is 0 Å². The summed E-state index contributed by atoms with van der Waals surface area (Å²) in [6, 6.07) is 6.67. The van der Waals surface area contributed by atoms with Crippen molar-refractivity contribution in [2.45, 2.75) is 18.9 Å². The number of hydrogen-bond donors (Lipinski definition) is 1. The number of rotatable bonds is 2. The van der Waals surface area contributed by atoms with E-state index in [2.05, 4.69) is 5.32 Å². The Hall–Kier alpha value is -1.42. The molecule has 1 amide bonds. The van der Waals surface area contributed by atoms with Gasteiger partial charge in [-0.2, -0.15) is 0 Å². The van der Waals surface area contributed by atoms with E-state index in [9.17, 15) is 9.18 Å². The summed E-state index contributed by atoms with van der Waals surface area (Å²) in [5, 5.41) is 3.43. The zero-order valence-electron chi connectivity index (χ0n) is 10.2. The highest BCUT2D eigenvalue weighted by atomic mass is 19.1. The molecule has 96 valence electrons. The highest BCUT2D eigenvalue weighted by Gasteiger charge is 2.37. The third-order valence-electron chi connectivity index (χ3n) is 3.98. The first kappa shape index (κ1) is 11.7. The van der Waals surface area contributed by atoms with Gasteiger partial charge in [-0.1, -0.05) is 12.1 Å². The van der Waals surface area contributed by atoms with Gasteiger partial charge in [0.15, 0.2) is 0 Å². The molecule has 2 aliphatic heterocycles. The molecule has 0 unspecified atom stereocenters. The van der Waals surface area contributed by atoms with Crippen molar-refractivity contribution >= 4 is 5.91 Å². The topological polar surface area (TPSA) is 32.3 Å². The molecule has 1 aromatic carbocycles. The third kappa shape index (κ3) is 2.25. The SMILES string of the molecule is O=C(Cc1ccc(F)cc1)N1C[C@H]2CCN[C@H]2C1. The van der Waals surface area contributed by atoms with Crippen molar-refractivity contribution in [2.24, 2.45) is 5.92 Å². The predicted octanol–water partition coefficient (Wildman–Crippen LogP) is 1.19. The van der Waals surface area contributed by atoms with Crippen LogP contribution >= 0.6 is 0 Å². The molecule has 0 bridgehead atoms. The number of amides is 1. The van der Waals surface area contributed by atoms with Gasteiger partial charge in [0.25, 0.3) is 0 Å². The Bertz CT molecular complexity index is 434. The average Bonchev–Trinajstić information content (AvgIpc) is 2.92. The molecule has 2 aliphatic rings. The predicted molar refractivity (Wildman–Crippen MR) is 66.6 cm³/mol. The number of likely N-dealkylation sites (tertiary alicyclic amines) is 1. The fourth-order valence-electron chi connectivity index (χ4n) is 2.94. The first-order valence-electron chi connectivity index (χ1n) is 6.48. The van der Waals surface area contributed by atoms with Crippen LogP contribution in [-0.2, 0) is 11.2 Å². The minimum absolute atomic E-state index is 0.151. The van der Waals surface area contributed by atoms with Crippen LogP contribution in [0.4, 0.5) is 4.39 Å². The fraction of sp³-hybridized carbons (Fsp3) is 0.500. The molecule has 0 aliphatic carbocycles. The number of nitrogens with one attached hydrogen (secondary N) is 1. The van der Waals surface area contributed by atoms with Crippen LogP contribution in [0.3, 0.4) is 0 Å². The third-order valence-corrected chi connectivity index (χ3v) is 3.98. The van der Waals surface area contributed by atoms with Gasteiger partial charge in [0.2, 0.25) is 5.91 Å². The van der Waals surface area contributed by atoms with Crippen molar-refractivity contribution in [3.8, 4) is 0 Å². The number of nitrogens with zero attached hydrogens (tertiary/aromatic N) is 1. The minimum atomic E-state index is -0.258. The van der Waals surface area contributed by atoms with Gasteiger partial charge in [-0.05, 0) is 36.6 Å². The maximum Gasteiger partial charge on any atom is 0.227 e. The van der Waals surface area contributed by atoms with Crippen molar-refractivity contribution in [1.29, 1.82) is 0 Å². The Morgan fingerprint density at radius 3 is 2.83 bits per heavy atom. The lowest BCUT2D eigenvalue weighted by molar-refractivity contribution is -0.129. The Morgan fingerprint density at radius 1 is 1.33 bits per heavy atom. The molecular weight excluding hydrogens is 231 g/mol. The molecule has 1 aromatic rings. The Balaban J connectivity index is 1.60. The van der Waals surface area contributed by atoms with Gasteiger partial charge in [0.05, 0.1) is 6.42 Å². The summed E-state index contributed by atoms with van der Waals surface area (Å²) in [6.45, 7) is 2.78. The highest BCUT2D eigenvalue weighted by Crippen LogP contribution is 2.25. The van der Waals surface area contributed by atoms with Crippen LogP contribution in [-0.4, -0.2) is 36.5 Å². The number of halogens is 1. The molecule has 2 atom stereocenters. The Morgan fingerprint density at radius 2 is 2.11 bits per heavy atom. The summed E-state index contributed by atoms with van der Waals surface area (Å²) in [6.07, 6.45) is 1.55. The molecular formula is C14H17FN2O. The Labute approximate surface area is 106 Å². The molecule has 2 heterocycles. The zero-order valence-corrected chi connectivity index (χ0v) is 10.2. The van der Waals surface area contributed by atoms with E-state index >= 15 is 0 Å². The van der Waals surface area contributed by atoms with Gasteiger partial charge < -0.3 is 10.2 Å². The zero-order chi connectivity index (χ0) is 12.5. The molecule has 3 nitrogen and oxygen atoms in total. The minimum Gasteiger partial charge on any atom is -0.340 e. The first-order chi connectivity index (χ1) is 8.72. The molecule has 0 radical (unpaired) electrons. The lowest BCUT2D eigenvalue weighted by Crippen LogP contribution is -2.34. The van der Waals surface area contributed by atoms with Crippen molar-refractivity contribution in [2.75, 3.05) is 19.6 Å². The summed E-state index contributed by atoms with van der Waals surface area (Å²) < 4.78 is 12.8. The summed E-state index contributed by atoms with van der Waals surface area (Å²) in [4.78, 5) is 14.1. The monoisotopic (exact) mass is 248 g/mol. The number of benzene rings is 1. The molecule has 2 fully saturated rings. The van der Waals surface area contributed by atoms with Gasteiger partial charge in [-0.3, -0.25) is 4.79 Å². The maximum atomic E-state index is 12.8. The Kier molecular flexibility index (Phi) is 3.04. The van der Waals surface area contributed by atoms with Gasteiger partial charge in [0.1, 0.15) is 5.82 Å². The summed E-state index contributed by atoms with van der Waals surface area (Å²) in [7, 11) is 0. The lowest BCUT2D eigenvalue weighted by Gasteiger charge is -2.17. The second-order valence-electron chi connectivity index (χ2n) is 5.21. The van der Waals surface area contributed by atoms with Gasteiger partial charge in [-0.25, -0.2) is 4.39 Å². The maximum absolute atomic E-state index is 12.8. The molecule has 4 heteroatoms. The van der Waals surface area contributed by atoms with E-state index in [1.807, 2.05) is 4.90 Å². The van der Waals surface area contributed by atoms with Crippen LogP contribution in [0, 0.1) is 11.7 Å². The fourth-order valence-corrected chi connectivity index (χ4v) is 2.94. The van der Waals surface area contributed by atoms with E-state index in [-0.39, 0.29) is 11.7 Å². The number of fused-ring (bicyclic) bond motifs is 1. The smallest absolute Gasteiger partial charge is 0.227 e. The van der Waals surface area contributed by atoms with E-state index in [4.69, 9.17) is 0 Å². The average molecular weight is 248 g/mol.